The number of carbonyl (C=O) groups is 2. The Morgan fingerprint density at radius 3 is 2.32 bits per heavy atom. The van der Waals surface area contributed by atoms with E-state index in [-0.39, 0.29) is 18.1 Å². The third-order valence-corrected chi connectivity index (χ3v) is 4.77. The number of rotatable bonds is 7. The molecule has 138 valence electrons. The zero-order valence-corrected chi connectivity index (χ0v) is 14.9. The van der Waals surface area contributed by atoms with Gasteiger partial charge in [0.25, 0.3) is 0 Å². The van der Waals surface area contributed by atoms with Crippen molar-refractivity contribution >= 4 is 11.9 Å². The molecule has 1 aliphatic rings. The summed E-state index contributed by atoms with van der Waals surface area (Å²) in [5.74, 6) is 0.252. The standard InChI is InChI=1S/C19H27NO5/c1-19(2,13-21)18(24)20-10-7-14(8-11-20)9-12-25-16-5-3-15(4-6-16)17(22)23/h3-6,14,21H,7-13H2,1-2H3,(H,22,23). The van der Waals surface area contributed by atoms with Crippen molar-refractivity contribution in [1.29, 1.82) is 0 Å². The molecule has 6 nitrogen and oxygen atoms in total. The number of hydrogen-bond acceptors (Lipinski definition) is 4. The van der Waals surface area contributed by atoms with E-state index in [4.69, 9.17) is 9.84 Å². The van der Waals surface area contributed by atoms with Gasteiger partial charge in [-0.1, -0.05) is 0 Å². The third-order valence-electron chi connectivity index (χ3n) is 4.77. The van der Waals surface area contributed by atoms with Crippen molar-refractivity contribution in [3.05, 3.63) is 29.8 Å². The second-order valence-corrected chi connectivity index (χ2v) is 7.24. The maximum atomic E-state index is 12.3. The molecule has 1 aliphatic heterocycles. The molecule has 1 fully saturated rings. The maximum absolute atomic E-state index is 12.3. The van der Waals surface area contributed by atoms with Crippen LogP contribution in [0.25, 0.3) is 0 Å². The van der Waals surface area contributed by atoms with Gasteiger partial charge in [0.2, 0.25) is 5.91 Å². The van der Waals surface area contributed by atoms with Crippen LogP contribution in [0.2, 0.25) is 0 Å². The van der Waals surface area contributed by atoms with Gasteiger partial charge in [0.05, 0.1) is 24.2 Å². The van der Waals surface area contributed by atoms with E-state index in [0.717, 1.165) is 32.4 Å². The van der Waals surface area contributed by atoms with Crippen molar-refractivity contribution in [1.82, 2.24) is 4.90 Å². The number of amides is 1. The first-order valence-electron chi connectivity index (χ1n) is 8.70. The number of hydrogen-bond donors (Lipinski definition) is 2. The zero-order valence-electron chi connectivity index (χ0n) is 14.9. The van der Waals surface area contributed by atoms with Crippen molar-refractivity contribution in [3.63, 3.8) is 0 Å². The molecule has 0 bridgehead atoms. The number of likely N-dealkylation sites (tertiary alicyclic amines) is 1. The van der Waals surface area contributed by atoms with E-state index in [1.807, 2.05) is 4.90 Å². The van der Waals surface area contributed by atoms with Crippen LogP contribution in [0.1, 0.15) is 43.5 Å². The molecule has 1 amide bonds. The zero-order chi connectivity index (χ0) is 18.4. The van der Waals surface area contributed by atoms with Crippen molar-refractivity contribution in [3.8, 4) is 5.75 Å². The topological polar surface area (TPSA) is 87.1 Å². The fourth-order valence-electron chi connectivity index (χ4n) is 2.96. The molecule has 0 aromatic heterocycles. The highest BCUT2D eigenvalue weighted by Crippen LogP contribution is 2.25. The molecular formula is C19H27NO5. The average molecular weight is 349 g/mol. The number of aromatic carboxylic acids is 1. The summed E-state index contributed by atoms with van der Waals surface area (Å²) in [5.41, 5.74) is -0.465. The molecule has 1 aromatic rings. The first-order chi connectivity index (χ1) is 11.8. The monoisotopic (exact) mass is 349 g/mol. The first-order valence-corrected chi connectivity index (χ1v) is 8.70. The number of aliphatic hydroxyl groups is 1. The molecule has 6 heteroatoms. The van der Waals surface area contributed by atoms with Crippen LogP contribution in [0.15, 0.2) is 24.3 Å². The summed E-state index contributed by atoms with van der Waals surface area (Å²) in [4.78, 5) is 25.0. The highest BCUT2D eigenvalue weighted by molar-refractivity contribution is 5.87. The summed E-state index contributed by atoms with van der Waals surface area (Å²) in [7, 11) is 0. The fourth-order valence-corrected chi connectivity index (χ4v) is 2.96. The summed E-state index contributed by atoms with van der Waals surface area (Å²) < 4.78 is 5.68. The van der Waals surface area contributed by atoms with Crippen LogP contribution in [0, 0.1) is 11.3 Å². The lowest BCUT2D eigenvalue weighted by Gasteiger charge is -2.36. The molecule has 2 N–H and O–H groups in total. The Hall–Kier alpha value is -2.08. The van der Waals surface area contributed by atoms with Crippen LogP contribution in [-0.2, 0) is 4.79 Å². The normalized spacial score (nSPS) is 15.9. The first kappa shape index (κ1) is 19.2. The van der Waals surface area contributed by atoms with E-state index >= 15 is 0 Å². The molecule has 0 aliphatic carbocycles. The van der Waals surface area contributed by atoms with Gasteiger partial charge in [0, 0.05) is 13.1 Å². The lowest BCUT2D eigenvalue weighted by molar-refractivity contribution is -0.143. The van der Waals surface area contributed by atoms with Crippen molar-refractivity contribution in [2.24, 2.45) is 11.3 Å². The molecule has 0 saturated carbocycles. The predicted octanol–water partition coefficient (Wildman–Crippen LogP) is 2.41. The highest BCUT2D eigenvalue weighted by Gasteiger charge is 2.33. The molecule has 1 heterocycles. The minimum atomic E-state index is -0.947. The van der Waals surface area contributed by atoms with E-state index in [1.165, 1.54) is 12.1 Å². The second kappa shape index (κ2) is 8.34. The molecule has 0 radical (unpaired) electrons. The van der Waals surface area contributed by atoms with E-state index in [2.05, 4.69) is 0 Å². The number of carbonyl (C=O) groups excluding carboxylic acids is 1. The molecular weight excluding hydrogens is 322 g/mol. The molecule has 1 saturated heterocycles. The van der Waals surface area contributed by atoms with Gasteiger partial charge >= 0.3 is 5.97 Å². The van der Waals surface area contributed by atoms with Crippen LogP contribution in [0.3, 0.4) is 0 Å². The number of piperidine rings is 1. The number of benzene rings is 1. The number of nitrogens with zero attached hydrogens (tertiary/aromatic N) is 1. The Morgan fingerprint density at radius 2 is 1.80 bits per heavy atom. The van der Waals surface area contributed by atoms with E-state index in [9.17, 15) is 14.7 Å². The van der Waals surface area contributed by atoms with Gasteiger partial charge < -0.3 is 19.8 Å². The summed E-state index contributed by atoms with van der Waals surface area (Å²) in [6.45, 7) is 5.42. The molecule has 0 spiro atoms. The van der Waals surface area contributed by atoms with Crippen LogP contribution in [-0.4, -0.2) is 53.3 Å². The highest BCUT2D eigenvalue weighted by atomic mass is 16.5. The number of carboxylic acid groups (broad SMARTS) is 1. The Morgan fingerprint density at radius 1 is 1.20 bits per heavy atom. The molecule has 0 atom stereocenters. The van der Waals surface area contributed by atoms with Crippen molar-refractivity contribution in [2.45, 2.75) is 33.1 Å². The Kier molecular flexibility index (Phi) is 6.42. The molecule has 0 unspecified atom stereocenters. The Balaban J connectivity index is 1.72. The van der Waals surface area contributed by atoms with Crippen LogP contribution < -0.4 is 4.74 Å². The largest absolute Gasteiger partial charge is 0.494 e. The number of carboxylic acids is 1. The third kappa shape index (κ3) is 5.19. The summed E-state index contributed by atoms with van der Waals surface area (Å²) >= 11 is 0. The Labute approximate surface area is 148 Å². The Bertz CT molecular complexity index is 588. The lowest BCUT2D eigenvalue weighted by atomic mass is 9.89. The van der Waals surface area contributed by atoms with Gasteiger partial charge in [-0.2, -0.15) is 0 Å². The van der Waals surface area contributed by atoms with Crippen LogP contribution in [0.5, 0.6) is 5.75 Å². The summed E-state index contributed by atoms with van der Waals surface area (Å²) in [6.07, 6.45) is 2.79. The molecule has 25 heavy (non-hydrogen) atoms. The fraction of sp³-hybridized carbons (Fsp3) is 0.579. The predicted molar refractivity (Wildman–Crippen MR) is 93.7 cm³/mol. The molecule has 1 aromatic carbocycles. The van der Waals surface area contributed by atoms with Gasteiger partial charge in [-0.15, -0.1) is 0 Å². The number of ether oxygens (including phenoxy) is 1. The van der Waals surface area contributed by atoms with E-state index < -0.39 is 11.4 Å². The average Bonchev–Trinajstić information content (AvgIpc) is 2.62. The summed E-state index contributed by atoms with van der Waals surface area (Å²) in [5, 5.41) is 18.2. The van der Waals surface area contributed by atoms with E-state index in [0.29, 0.717) is 18.3 Å². The minimum Gasteiger partial charge on any atom is -0.494 e. The summed E-state index contributed by atoms with van der Waals surface area (Å²) in [6, 6.07) is 6.40. The minimum absolute atomic E-state index is 0.0169. The maximum Gasteiger partial charge on any atom is 0.335 e. The van der Waals surface area contributed by atoms with Gasteiger partial charge in [0.15, 0.2) is 0 Å². The lowest BCUT2D eigenvalue weighted by Crippen LogP contribution is -2.46. The van der Waals surface area contributed by atoms with Gasteiger partial charge in [-0.05, 0) is 63.3 Å². The molecule has 2 rings (SSSR count). The van der Waals surface area contributed by atoms with Crippen LogP contribution in [0.4, 0.5) is 0 Å². The van der Waals surface area contributed by atoms with Gasteiger partial charge in [-0.25, -0.2) is 4.79 Å². The number of aliphatic hydroxyl groups excluding tert-OH is 1. The van der Waals surface area contributed by atoms with Gasteiger partial charge in [0.1, 0.15) is 5.75 Å². The van der Waals surface area contributed by atoms with E-state index in [1.54, 1.807) is 26.0 Å². The van der Waals surface area contributed by atoms with Crippen molar-refractivity contribution in [2.75, 3.05) is 26.3 Å². The second-order valence-electron chi connectivity index (χ2n) is 7.24. The quantitative estimate of drug-likeness (QED) is 0.789. The van der Waals surface area contributed by atoms with Crippen LogP contribution >= 0.6 is 0 Å². The SMILES string of the molecule is CC(C)(CO)C(=O)N1CCC(CCOc2ccc(C(=O)O)cc2)CC1. The smallest absolute Gasteiger partial charge is 0.335 e. The van der Waals surface area contributed by atoms with Gasteiger partial charge in [-0.3, -0.25) is 4.79 Å². The van der Waals surface area contributed by atoms with Crippen molar-refractivity contribution < 1.29 is 24.5 Å².